The molecule has 0 spiro atoms. The number of hydrogen-bond acceptors (Lipinski definition) is 2. The highest BCUT2D eigenvalue weighted by atomic mass is 16.4. The second-order valence-electron chi connectivity index (χ2n) is 1.82. The molecule has 1 rings (SSSR count). The number of aliphatic carboxylic acids is 1. The van der Waals surface area contributed by atoms with Crippen molar-refractivity contribution in [2.45, 2.75) is 6.37 Å². The summed E-state index contributed by atoms with van der Waals surface area (Å²) in [7, 11) is 0. The van der Waals surface area contributed by atoms with Crippen molar-refractivity contribution in [3.05, 3.63) is 35.8 Å². The van der Waals surface area contributed by atoms with Crippen molar-refractivity contribution in [2.24, 2.45) is 0 Å². The smallest absolute Gasteiger partial charge is 0.372 e. The molecule has 1 aromatic carbocycles. The number of Topliss-reactive ketones (excluding diaryl/α,β-unsaturated/α-hetero) is 1. The molecule has 0 aliphatic rings. The number of carboxylic acids is 1. The molecule has 0 atom stereocenters. The first-order chi connectivity index (χ1) is 8.10. The Morgan fingerprint density at radius 3 is 2.58 bits per heavy atom. The molecule has 0 aromatic heterocycles. The largest absolute Gasteiger partial charge is 0.475 e. The normalized spacial score (nSPS) is 17.7. The maximum Gasteiger partial charge on any atom is 0.372 e. The predicted molar refractivity (Wildman–Crippen MR) is 42.8 cm³/mol. The van der Waals surface area contributed by atoms with Crippen LogP contribution in [0.1, 0.15) is 13.8 Å². The van der Waals surface area contributed by atoms with E-state index in [1.807, 2.05) is 0 Å². The first-order valence-corrected chi connectivity index (χ1v) is 2.96. The van der Waals surface area contributed by atoms with Crippen LogP contribution >= 0.6 is 0 Å². The molecular weight excluding hydrogens is 157 g/mol. The Kier molecular flexibility index (Phi) is 1.04. The lowest BCUT2D eigenvalue weighted by atomic mass is 10.1. The van der Waals surface area contributed by atoms with Crippen molar-refractivity contribution >= 4 is 11.8 Å². The zero-order valence-electron chi connectivity index (χ0n) is 11.8. The third kappa shape index (κ3) is 2.20. The van der Waals surface area contributed by atoms with E-state index in [-0.39, 0.29) is 0 Å². The number of hydrogen-bond donors (Lipinski definition) is 1. The van der Waals surface area contributed by atoms with Crippen molar-refractivity contribution in [1.29, 1.82) is 0 Å². The van der Waals surface area contributed by atoms with E-state index in [0.29, 0.717) is 0 Å². The van der Waals surface area contributed by atoms with E-state index in [1.54, 1.807) is 0 Å². The Bertz CT molecular complexity index is 513. The number of rotatable bonds is 3. The molecule has 0 bridgehead atoms. The Morgan fingerprint density at radius 2 is 2.08 bits per heavy atom. The van der Waals surface area contributed by atoms with Crippen LogP contribution in [0.3, 0.4) is 0 Å². The molecule has 0 unspecified atom stereocenters. The van der Waals surface area contributed by atoms with Gasteiger partial charge in [0.15, 0.2) is 0 Å². The van der Waals surface area contributed by atoms with Gasteiger partial charge in [0.05, 0.1) is 5.48 Å². The molecule has 0 radical (unpaired) electrons. The quantitative estimate of drug-likeness (QED) is 0.687. The van der Waals surface area contributed by atoms with Gasteiger partial charge in [-0.1, -0.05) is 30.2 Å². The van der Waals surface area contributed by atoms with Crippen LogP contribution in [0.15, 0.2) is 30.2 Å². The van der Waals surface area contributed by atoms with Crippen LogP contribution in [0.25, 0.3) is 0 Å². The molecule has 3 nitrogen and oxygen atoms in total. The molecule has 0 amide bonds. The summed E-state index contributed by atoms with van der Waals surface area (Å²) in [5, 5.41) is 8.49. The highest BCUT2D eigenvalue weighted by Gasteiger charge is 2.10. The summed E-state index contributed by atoms with van der Waals surface area (Å²) in [6, 6.07) is -1.78. The van der Waals surface area contributed by atoms with Crippen molar-refractivity contribution in [1.82, 2.24) is 0 Å². The summed E-state index contributed by atoms with van der Waals surface area (Å²) < 4.78 is 44.3. The van der Waals surface area contributed by atoms with E-state index in [0.717, 1.165) is 6.07 Å². The number of benzene rings is 1. The van der Waals surface area contributed by atoms with Crippen LogP contribution < -0.4 is 0 Å². The predicted octanol–water partition coefficient (Wildman–Crippen LogP) is 0.883. The molecule has 0 aliphatic carbocycles. The SMILES string of the molecule is [2H]c1[13cH]c([2H])c([2H])c(C([2H])([2H])C(=O)C(=O)O)c1[2H]. The van der Waals surface area contributed by atoms with Gasteiger partial charge in [-0.05, 0) is 5.56 Å². The van der Waals surface area contributed by atoms with Crippen LogP contribution in [0, 0.1) is 0 Å². The second kappa shape index (κ2) is 3.67. The number of carbonyl (C=O) groups is 2. The molecule has 1 aromatic rings. The number of carboxylic acid groups (broad SMARTS) is 1. The fraction of sp³-hybridized carbons (Fsp3) is 0.111. The molecule has 0 fully saturated rings. The summed E-state index contributed by atoms with van der Waals surface area (Å²) in [5.41, 5.74) is -0.868. The van der Waals surface area contributed by atoms with Gasteiger partial charge in [0.1, 0.15) is 0 Å². The van der Waals surface area contributed by atoms with Crippen LogP contribution in [0.4, 0.5) is 0 Å². The van der Waals surface area contributed by atoms with Crippen molar-refractivity contribution in [3.8, 4) is 0 Å². The fourth-order valence-electron chi connectivity index (χ4n) is 0.513. The summed E-state index contributed by atoms with van der Waals surface area (Å²) in [6.07, 6.45) is -3.12. The Labute approximate surface area is 78.1 Å². The van der Waals surface area contributed by atoms with E-state index in [1.165, 1.54) is 0 Å². The zero-order chi connectivity index (χ0) is 14.2. The van der Waals surface area contributed by atoms with Crippen LogP contribution in [-0.2, 0) is 16.0 Å². The van der Waals surface area contributed by atoms with E-state index in [2.05, 4.69) is 0 Å². The minimum Gasteiger partial charge on any atom is -0.475 e. The maximum absolute atomic E-state index is 11.2. The van der Waals surface area contributed by atoms with Gasteiger partial charge >= 0.3 is 5.97 Å². The van der Waals surface area contributed by atoms with Gasteiger partial charge in [-0.15, -0.1) is 0 Å². The van der Waals surface area contributed by atoms with Gasteiger partial charge in [-0.2, -0.15) is 0 Å². The van der Waals surface area contributed by atoms with Gasteiger partial charge in [0, 0.05) is 9.11 Å². The van der Waals surface area contributed by atoms with E-state index < -0.39 is 47.9 Å². The third-order valence-corrected chi connectivity index (χ3v) is 0.971. The van der Waals surface area contributed by atoms with Gasteiger partial charge < -0.3 is 5.11 Å². The molecule has 0 heterocycles. The monoisotopic (exact) mass is 171 g/mol. The lowest BCUT2D eigenvalue weighted by molar-refractivity contribution is -0.148. The molecule has 0 saturated carbocycles. The minimum atomic E-state index is -3.12. The topological polar surface area (TPSA) is 54.4 Å². The molecule has 1 N–H and O–H groups in total. The average molecular weight is 171 g/mol. The van der Waals surface area contributed by atoms with Gasteiger partial charge in [-0.25, -0.2) is 4.79 Å². The average Bonchev–Trinajstić information content (AvgIpc) is 2.25. The van der Waals surface area contributed by atoms with Gasteiger partial charge in [-0.3, -0.25) is 4.79 Å². The van der Waals surface area contributed by atoms with E-state index >= 15 is 0 Å². The number of ketones is 1. The highest BCUT2D eigenvalue weighted by molar-refractivity contribution is 6.33. The molecule has 3 heteroatoms. The minimum absolute atomic E-state index is 0.548. The van der Waals surface area contributed by atoms with Crippen molar-refractivity contribution < 1.29 is 22.9 Å². The summed E-state index contributed by atoms with van der Waals surface area (Å²) in [5.74, 6) is -3.88. The maximum atomic E-state index is 11.2. The van der Waals surface area contributed by atoms with Crippen LogP contribution in [-0.4, -0.2) is 16.9 Å². The standard InChI is InChI=1S/C9H8O3/c10-8(9(11)12)6-7-4-2-1-3-5-7/h1-5H,6H2,(H,11,12)/i1+1,2D,3D,4D,5D,6D2. The summed E-state index contributed by atoms with van der Waals surface area (Å²) in [4.78, 5) is 21.7. The summed E-state index contributed by atoms with van der Waals surface area (Å²) in [6.45, 7) is 0. The van der Waals surface area contributed by atoms with Crippen molar-refractivity contribution in [2.75, 3.05) is 0 Å². The van der Waals surface area contributed by atoms with Crippen LogP contribution in [0.5, 0.6) is 0 Å². The lowest BCUT2D eigenvalue weighted by Gasteiger charge is -1.94. The number of carbonyl (C=O) groups excluding carboxylic acids is 1. The Balaban J connectivity index is 3.60. The lowest BCUT2D eigenvalue weighted by Crippen LogP contribution is -2.14. The first-order valence-electron chi connectivity index (χ1n) is 5.96. The molecule has 12 heavy (non-hydrogen) atoms. The third-order valence-electron chi connectivity index (χ3n) is 0.971. The van der Waals surface area contributed by atoms with Gasteiger partial charge in [0.2, 0.25) is 5.78 Å². The Hall–Kier alpha value is -1.64. The molecule has 0 aliphatic heterocycles. The molecule has 62 valence electrons. The molecular formula is C9H8O3. The van der Waals surface area contributed by atoms with E-state index in [4.69, 9.17) is 13.3 Å². The van der Waals surface area contributed by atoms with Gasteiger partial charge in [0.25, 0.3) is 0 Å². The molecule has 0 saturated heterocycles. The fourth-order valence-corrected chi connectivity index (χ4v) is 0.513. The van der Waals surface area contributed by atoms with Crippen molar-refractivity contribution in [3.63, 3.8) is 0 Å². The van der Waals surface area contributed by atoms with Crippen LogP contribution in [0.2, 0.25) is 0 Å². The zero-order valence-corrected chi connectivity index (χ0v) is 5.84. The Morgan fingerprint density at radius 1 is 1.50 bits per heavy atom. The second-order valence-corrected chi connectivity index (χ2v) is 1.82. The van der Waals surface area contributed by atoms with E-state index in [9.17, 15) is 9.59 Å². The first kappa shape index (κ1) is 3.39. The highest BCUT2D eigenvalue weighted by Crippen LogP contribution is 1.99. The summed E-state index contributed by atoms with van der Waals surface area (Å²) >= 11 is 0.